The lowest BCUT2D eigenvalue weighted by Gasteiger charge is -2.13. The van der Waals surface area contributed by atoms with E-state index in [2.05, 4.69) is 17.2 Å². The minimum Gasteiger partial charge on any atom is -0.480 e. The van der Waals surface area contributed by atoms with Gasteiger partial charge in [0.1, 0.15) is 6.04 Å². The van der Waals surface area contributed by atoms with Gasteiger partial charge >= 0.3 is 5.97 Å². The van der Waals surface area contributed by atoms with Gasteiger partial charge in [-0.25, -0.2) is 0 Å². The zero-order valence-electron chi connectivity index (χ0n) is 12.1. The summed E-state index contributed by atoms with van der Waals surface area (Å²) in [5, 5.41) is 16.6. The summed E-state index contributed by atoms with van der Waals surface area (Å²) in [7, 11) is 0. The Balaban J connectivity index is 2.02. The van der Waals surface area contributed by atoms with Crippen LogP contribution in [0.3, 0.4) is 0 Å². The lowest BCUT2D eigenvalue weighted by atomic mass is 10.1. The highest BCUT2D eigenvalue weighted by Gasteiger charge is 2.20. The molecule has 2 rings (SSSR count). The Kier molecular flexibility index (Phi) is 5.27. The Labute approximate surface area is 128 Å². The molecular formula is C17H18N2O3. The number of hydrogen-bond acceptors (Lipinski definition) is 3. The molecule has 0 aliphatic carbocycles. The molecule has 22 heavy (non-hydrogen) atoms. The number of rotatable bonds is 7. The van der Waals surface area contributed by atoms with Crippen molar-refractivity contribution < 1.29 is 14.7 Å². The lowest BCUT2D eigenvalue weighted by Crippen LogP contribution is -2.39. The molecule has 5 heteroatoms. The number of carbonyl (C=O) groups excluding carboxylic acids is 1. The first-order valence-corrected chi connectivity index (χ1v) is 6.96. The van der Waals surface area contributed by atoms with Crippen LogP contribution in [0.4, 0.5) is 5.69 Å². The number of benzene rings is 2. The van der Waals surface area contributed by atoms with Crippen LogP contribution >= 0.6 is 0 Å². The van der Waals surface area contributed by atoms with Crippen molar-refractivity contribution in [1.29, 1.82) is 0 Å². The highest BCUT2D eigenvalue weighted by molar-refractivity contribution is 5.96. The number of fused-ring (bicyclic) bond motifs is 1. The molecule has 1 amide bonds. The van der Waals surface area contributed by atoms with Crippen molar-refractivity contribution in [3.05, 3.63) is 55.1 Å². The third-order valence-electron chi connectivity index (χ3n) is 3.23. The fourth-order valence-electron chi connectivity index (χ4n) is 2.14. The number of anilines is 1. The molecule has 114 valence electrons. The van der Waals surface area contributed by atoms with Gasteiger partial charge in [0.2, 0.25) is 5.91 Å². The highest BCUT2D eigenvalue weighted by atomic mass is 16.4. The summed E-state index contributed by atoms with van der Waals surface area (Å²) in [6.45, 7) is 3.85. The minimum absolute atomic E-state index is 0.143. The molecule has 5 nitrogen and oxygen atoms in total. The predicted octanol–water partition coefficient (Wildman–Crippen LogP) is 2.40. The van der Waals surface area contributed by atoms with E-state index in [9.17, 15) is 9.59 Å². The van der Waals surface area contributed by atoms with E-state index in [0.717, 1.165) is 10.8 Å². The van der Waals surface area contributed by atoms with E-state index >= 15 is 0 Å². The molecule has 0 saturated carbocycles. The maximum atomic E-state index is 12.0. The van der Waals surface area contributed by atoms with Gasteiger partial charge in [-0.15, -0.1) is 6.58 Å². The summed E-state index contributed by atoms with van der Waals surface area (Å²) >= 11 is 0. The van der Waals surface area contributed by atoms with Crippen molar-refractivity contribution in [2.24, 2.45) is 0 Å². The number of amides is 1. The Morgan fingerprint density at radius 3 is 2.59 bits per heavy atom. The topological polar surface area (TPSA) is 78.4 Å². The van der Waals surface area contributed by atoms with Gasteiger partial charge in [0.15, 0.2) is 0 Å². The van der Waals surface area contributed by atoms with Gasteiger partial charge in [-0.3, -0.25) is 9.59 Å². The molecule has 2 aromatic carbocycles. The van der Waals surface area contributed by atoms with Gasteiger partial charge in [0.25, 0.3) is 0 Å². The Hall–Kier alpha value is -2.66. The van der Waals surface area contributed by atoms with Gasteiger partial charge < -0.3 is 15.7 Å². The van der Waals surface area contributed by atoms with Crippen LogP contribution in [0.2, 0.25) is 0 Å². The number of carboxylic acid groups (broad SMARTS) is 1. The van der Waals surface area contributed by atoms with Crippen LogP contribution in [0.1, 0.15) is 6.42 Å². The first kappa shape index (κ1) is 15.7. The zero-order valence-corrected chi connectivity index (χ0v) is 12.1. The van der Waals surface area contributed by atoms with Crippen molar-refractivity contribution in [3.8, 4) is 0 Å². The van der Waals surface area contributed by atoms with Gasteiger partial charge in [0.05, 0.1) is 6.42 Å². The monoisotopic (exact) mass is 298 g/mol. The van der Waals surface area contributed by atoms with Crippen LogP contribution in [0.5, 0.6) is 0 Å². The summed E-state index contributed by atoms with van der Waals surface area (Å²) in [5.41, 5.74) is 0.650. The second kappa shape index (κ2) is 7.38. The van der Waals surface area contributed by atoms with E-state index in [-0.39, 0.29) is 12.3 Å². The van der Waals surface area contributed by atoms with Crippen LogP contribution in [0, 0.1) is 0 Å². The van der Waals surface area contributed by atoms with E-state index in [0.29, 0.717) is 12.2 Å². The molecule has 2 aromatic rings. The number of carbonyl (C=O) groups is 2. The molecule has 0 radical (unpaired) electrons. The van der Waals surface area contributed by atoms with Crippen LogP contribution in [0.15, 0.2) is 55.1 Å². The lowest BCUT2D eigenvalue weighted by molar-refractivity contribution is -0.140. The van der Waals surface area contributed by atoms with Gasteiger partial charge in [-0.2, -0.15) is 0 Å². The molecule has 1 unspecified atom stereocenters. The second-order valence-electron chi connectivity index (χ2n) is 4.90. The van der Waals surface area contributed by atoms with Crippen molar-refractivity contribution in [3.63, 3.8) is 0 Å². The van der Waals surface area contributed by atoms with E-state index < -0.39 is 12.0 Å². The molecule has 0 spiro atoms. The van der Waals surface area contributed by atoms with Crippen LogP contribution < -0.4 is 10.6 Å². The summed E-state index contributed by atoms with van der Waals surface area (Å²) < 4.78 is 0. The molecule has 0 saturated heterocycles. The average Bonchev–Trinajstić information content (AvgIpc) is 2.51. The van der Waals surface area contributed by atoms with Gasteiger partial charge in [-0.05, 0) is 22.9 Å². The van der Waals surface area contributed by atoms with E-state index in [1.165, 1.54) is 0 Å². The first-order valence-electron chi connectivity index (χ1n) is 6.96. The molecule has 0 heterocycles. The number of aliphatic carboxylic acids is 1. The van der Waals surface area contributed by atoms with Crippen molar-refractivity contribution in [1.82, 2.24) is 5.32 Å². The van der Waals surface area contributed by atoms with Crippen LogP contribution in [-0.4, -0.2) is 29.6 Å². The molecule has 0 bridgehead atoms. The maximum absolute atomic E-state index is 12.0. The van der Waals surface area contributed by atoms with Crippen molar-refractivity contribution >= 4 is 28.3 Å². The highest BCUT2D eigenvalue weighted by Crippen LogP contribution is 2.19. The number of nitrogens with one attached hydrogen (secondary N) is 2. The normalized spacial score (nSPS) is 11.8. The minimum atomic E-state index is -1.06. The Bertz CT molecular complexity index is 697. The molecular weight excluding hydrogens is 280 g/mol. The summed E-state index contributed by atoms with van der Waals surface area (Å²) in [6.07, 6.45) is 1.41. The summed E-state index contributed by atoms with van der Waals surface area (Å²) in [4.78, 5) is 23.1. The average molecular weight is 298 g/mol. The fraction of sp³-hybridized carbons (Fsp3) is 0.176. The van der Waals surface area contributed by atoms with E-state index in [1.807, 2.05) is 36.4 Å². The SMILES string of the molecule is C=CCNC(CC(=O)Nc1ccc2ccccc2c1)C(=O)O. The van der Waals surface area contributed by atoms with Gasteiger partial charge in [-0.1, -0.05) is 36.4 Å². The summed E-state index contributed by atoms with van der Waals surface area (Å²) in [5.74, 6) is -1.41. The smallest absolute Gasteiger partial charge is 0.321 e. The standard InChI is InChI=1S/C17H18N2O3/c1-2-9-18-15(17(21)22)11-16(20)19-14-8-7-12-5-3-4-6-13(12)10-14/h2-8,10,15,18H,1,9,11H2,(H,19,20)(H,21,22). The number of hydrogen-bond donors (Lipinski definition) is 3. The fourth-order valence-corrected chi connectivity index (χ4v) is 2.14. The Morgan fingerprint density at radius 1 is 1.18 bits per heavy atom. The second-order valence-corrected chi connectivity index (χ2v) is 4.90. The predicted molar refractivity (Wildman–Crippen MR) is 86.8 cm³/mol. The molecule has 3 N–H and O–H groups in total. The molecule has 1 atom stereocenters. The van der Waals surface area contributed by atoms with Crippen molar-refractivity contribution in [2.75, 3.05) is 11.9 Å². The molecule has 0 aliphatic heterocycles. The molecule has 0 aliphatic rings. The van der Waals surface area contributed by atoms with Crippen molar-refractivity contribution in [2.45, 2.75) is 12.5 Å². The molecule has 0 aromatic heterocycles. The van der Waals surface area contributed by atoms with Crippen LogP contribution in [-0.2, 0) is 9.59 Å². The van der Waals surface area contributed by atoms with Crippen LogP contribution in [0.25, 0.3) is 10.8 Å². The van der Waals surface area contributed by atoms with Gasteiger partial charge in [0, 0.05) is 12.2 Å². The maximum Gasteiger partial charge on any atom is 0.321 e. The Morgan fingerprint density at radius 2 is 1.91 bits per heavy atom. The van der Waals surface area contributed by atoms with E-state index in [1.54, 1.807) is 12.1 Å². The molecule has 0 fully saturated rings. The largest absolute Gasteiger partial charge is 0.480 e. The number of carboxylic acids is 1. The quantitative estimate of drug-likeness (QED) is 0.686. The third kappa shape index (κ3) is 4.17. The third-order valence-corrected chi connectivity index (χ3v) is 3.23. The van der Waals surface area contributed by atoms with E-state index in [4.69, 9.17) is 5.11 Å². The first-order chi connectivity index (χ1) is 10.6. The summed E-state index contributed by atoms with van der Waals surface area (Å²) in [6, 6.07) is 12.5. The zero-order chi connectivity index (χ0) is 15.9.